The third-order valence-electron chi connectivity index (χ3n) is 3.39. The van der Waals surface area contributed by atoms with Crippen LogP contribution in [0, 0.1) is 0 Å². The summed E-state index contributed by atoms with van der Waals surface area (Å²) in [6.45, 7) is 9.76. The lowest BCUT2D eigenvalue weighted by molar-refractivity contribution is 0.552. The van der Waals surface area contributed by atoms with E-state index >= 15 is 0 Å². The molecular formula is C17H23NO. The predicted octanol–water partition coefficient (Wildman–Crippen LogP) is 4.28. The van der Waals surface area contributed by atoms with E-state index in [1.165, 1.54) is 16.7 Å². The molecule has 19 heavy (non-hydrogen) atoms. The van der Waals surface area contributed by atoms with Gasteiger partial charge >= 0.3 is 0 Å². The number of furan rings is 1. The standard InChI is InChI=1S/C17H23NO/c1-5-18-16(14-10-11-19-12-14)13-6-8-15(9-7-13)17(2,3)4/h6-12,16,18H,5H2,1-4H3. The average Bonchev–Trinajstić information content (AvgIpc) is 2.89. The quantitative estimate of drug-likeness (QED) is 0.884. The molecule has 0 aliphatic heterocycles. The number of hydrogen-bond donors (Lipinski definition) is 1. The molecule has 0 radical (unpaired) electrons. The Balaban J connectivity index is 2.28. The van der Waals surface area contributed by atoms with Crippen LogP contribution in [0.4, 0.5) is 0 Å². The molecule has 1 unspecified atom stereocenters. The van der Waals surface area contributed by atoms with Crippen molar-refractivity contribution in [3.63, 3.8) is 0 Å². The third-order valence-corrected chi connectivity index (χ3v) is 3.39. The van der Waals surface area contributed by atoms with Crippen molar-refractivity contribution in [1.82, 2.24) is 5.32 Å². The van der Waals surface area contributed by atoms with Crippen LogP contribution in [-0.2, 0) is 5.41 Å². The summed E-state index contributed by atoms with van der Waals surface area (Å²) in [4.78, 5) is 0. The zero-order valence-electron chi connectivity index (χ0n) is 12.2. The molecule has 0 saturated heterocycles. The topological polar surface area (TPSA) is 25.2 Å². The molecule has 2 aromatic rings. The van der Waals surface area contributed by atoms with Crippen molar-refractivity contribution >= 4 is 0 Å². The summed E-state index contributed by atoms with van der Waals surface area (Å²) in [6.07, 6.45) is 3.54. The normalized spacial score (nSPS) is 13.5. The van der Waals surface area contributed by atoms with Crippen molar-refractivity contribution in [3.8, 4) is 0 Å². The van der Waals surface area contributed by atoms with Gasteiger partial charge in [0.25, 0.3) is 0 Å². The molecule has 1 atom stereocenters. The maximum absolute atomic E-state index is 5.20. The average molecular weight is 257 g/mol. The minimum atomic E-state index is 0.196. The predicted molar refractivity (Wildman–Crippen MR) is 79.4 cm³/mol. The van der Waals surface area contributed by atoms with E-state index in [0.29, 0.717) is 0 Å². The van der Waals surface area contributed by atoms with E-state index in [9.17, 15) is 0 Å². The van der Waals surface area contributed by atoms with Gasteiger partial charge in [0.15, 0.2) is 0 Å². The first-order valence-electron chi connectivity index (χ1n) is 6.88. The van der Waals surface area contributed by atoms with Gasteiger partial charge < -0.3 is 9.73 Å². The van der Waals surface area contributed by atoms with Crippen molar-refractivity contribution in [2.24, 2.45) is 0 Å². The van der Waals surface area contributed by atoms with Crippen molar-refractivity contribution in [2.75, 3.05) is 6.54 Å². The van der Waals surface area contributed by atoms with Crippen LogP contribution in [0.2, 0.25) is 0 Å². The van der Waals surface area contributed by atoms with Crippen LogP contribution in [0.15, 0.2) is 47.3 Å². The highest BCUT2D eigenvalue weighted by Gasteiger charge is 2.17. The van der Waals surface area contributed by atoms with Gasteiger partial charge in [-0.3, -0.25) is 0 Å². The molecule has 1 aromatic carbocycles. The van der Waals surface area contributed by atoms with Gasteiger partial charge in [0.05, 0.1) is 18.6 Å². The van der Waals surface area contributed by atoms with Crippen LogP contribution < -0.4 is 5.32 Å². The highest BCUT2D eigenvalue weighted by molar-refractivity contribution is 5.34. The fourth-order valence-corrected chi connectivity index (χ4v) is 2.25. The van der Waals surface area contributed by atoms with Crippen LogP contribution in [0.1, 0.15) is 50.4 Å². The molecule has 0 spiro atoms. The Morgan fingerprint density at radius 3 is 2.21 bits per heavy atom. The van der Waals surface area contributed by atoms with Crippen molar-refractivity contribution < 1.29 is 4.42 Å². The van der Waals surface area contributed by atoms with Crippen LogP contribution >= 0.6 is 0 Å². The Labute approximate surface area is 115 Å². The van der Waals surface area contributed by atoms with E-state index in [-0.39, 0.29) is 11.5 Å². The first kappa shape index (κ1) is 13.9. The minimum absolute atomic E-state index is 0.196. The summed E-state index contributed by atoms with van der Waals surface area (Å²) in [5, 5.41) is 3.50. The smallest absolute Gasteiger partial charge is 0.0953 e. The van der Waals surface area contributed by atoms with Gasteiger partial charge in [-0.15, -0.1) is 0 Å². The second-order valence-corrected chi connectivity index (χ2v) is 5.92. The molecule has 2 nitrogen and oxygen atoms in total. The van der Waals surface area contributed by atoms with Crippen molar-refractivity contribution in [1.29, 1.82) is 0 Å². The Morgan fingerprint density at radius 2 is 1.74 bits per heavy atom. The molecule has 0 bridgehead atoms. The Morgan fingerprint density at radius 1 is 1.05 bits per heavy atom. The maximum atomic E-state index is 5.20. The lowest BCUT2D eigenvalue weighted by Gasteiger charge is -2.21. The van der Waals surface area contributed by atoms with Gasteiger partial charge in [0.2, 0.25) is 0 Å². The number of benzene rings is 1. The van der Waals surface area contributed by atoms with Crippen molar-refractivity contribution in [2.45, 2.75) is 39.2 Å². The fourth-order valence-electron chi connectivity index (χ4n) is 2.25. The first-order chi connectivity index (χ1) is 9.02. The number of hydrogen-bond acceptors (Lipinski definition) is 2. The monoisotopic (exact) mass is 257 g/mol. The summed E-state index contributed by atoms with van der Waals surface area (Å²) in [6, 6.07) is 11.1. The van der Waals surface area contributed by atoms with Gasteiger partial charge in [-0.1, -0.05) is 52.0 Å². The summed E-state index contributed by atoms with van der Waals surface area (Å²) >= 11 is 0. The maximum Gasteiger partial charge on any atom is 0.0953 e. The molecule has 0 aliphatic rings. The molecule has 2 rings (SSSR count). The van der Waals surface area contributed by atoms with E-state index in [1.54, 1.807) is 6.26 Å². The summed E-state index contributed by atoms with van der Waals surface area (Å²) in [5.74, 6) is 0. The first-order valence-corrected chi connectivity index (χ1v) is 6.88. The van der Waals surface area contributed by atoms with E-state index < -0.39 is 0 Å². The fraction of sp³-hybridized carbons (Fsp3) is 0.412. The van der Waals surface area contributed by atoms with Gasteiger partial charge in [-0.25, -0.2) is 0 Å². The van der Waals surface area contributed by atoms with Gasteiger partial charge in [-0.2, -0.15) is 0 Å². The summed E-state index contributed by atoms with van der Waals surface area (Å²) < 4.78 is 5.20. The van der Waals surface area contributed by atoms with Crippen molar-refractivity contribution in [3.05, 3.63) is 59.5 Å². The molecular weight excluding hydrogens is 234 g/mol. The Bertz CT molecular complexity index is 491. The van der Waals surface area contributed by atoms with Crippen LogP contribution in [0.3, 0.4) is 0 Å². The van der Waals surface area contributed by atoms with Gasteiger partial charge in [0, 0.05) is 5.56 Å². The molecule has 102 valence electrons. The second-order valence-electron chi connectivity index (χ2n) is 5.92. The molecule has 0 aliphatic carbocycles. The SMILES string of the molecule is CCNC(c1ccc(C(C)(C)C)cc1)c1ccoc1. The Hall–Kier alpha value is -1.54. The van der Waals surface area contributed by atoms with Gasteiger partial charge in [-0.05, 0) is 29.2 Å². The lowest BCUT2D eigenvalue weighted by atomic mass is 9.86. The summed E-state index contributed by atoms with van der Waals surface area (Å²) in [5.41, 5.74) is 4.00. The van der Waals surface area contributed by atoms with E-state index in [4.69, 9.17) is 4.42 Å². The van der Waals surface area contributed by atoms with Crippen LogP contribution in [0.5, 0.6) is 0 Å². The van der Waals surface area contributed by atoms with Crippen LogP contribution in [0.25, 0.3) is 0 Å². The molecule has 0 amide bonds. The van der Waals surface area contributed by atoms with E-state index in [1.807, 2.05) is 12.3 Å². The molecule has 0 fully saturated rings. The van der Waals surface area contributed by atoms with E-state index in [2.05, 4.69) is 57.3 Å². The van der Waals surface area contributed by atoms with E-state index in [0.717, 1.165) is 6.54 Å². The lowest BCUT2D eigenvalue weighted by Crippen LogP contribution is -2.21. The minimum Gasteiger partial charge on any atom is -0.472 e. The summed E-state index contributed by atoms with van der Waals surface area (Å²) in [7, 11) is 0. The molecule has 0 saturated carbocycles. The Kier molecular flexibility index (Phi) is 4.11. The number of rotatable bonds is 4. The largest absolute Gasteiger partial charge is 0.472 e. The molecule has 1 N–H and O–H groups in total. The van der Waals surface area contributed by atoms with Crippen LogP contribution in [-0.4, -0.2) is 6.54 Å². The number of nitrogens with one attached hydrogen (secondary N) is 1. The highest BCUT2D eigenvalue weighted by Crippen LogP contribution is 2.26. The zero-order chi connectivity index (χ0) is 13.9. The molecule has 1 heterocycles. The second kappa shape index (κ2) is 5.62. The highest BCUT2D eigenvalue weighted by atomic mass is 16.3. The third kappa shape index (κ3) is 3.27. The molecule has 1 aromatic heterocycles. The molecule has 2 heteroatoms. The van der Waals surface area contributed by atoms with Gasteiger partial charge in [0.1, 0.15) is 0 Å². The zero-order valence-corrected chi connectivity index (χ0v) is 12.2.